The van der Waals surface area contributed by atoms with Crippen LogP contribution in [0.2, 0.25) is 0 Å². The highest BCUT2D eigenvalue weighted by atomic mass is 32.2. The van der Waals surface area contributed by atoms with Crippen LogP contribution in [0.1, 0.15) is 13.3 Å². The maximum Gasteiger partial charge on any atom is 0.326 e. The van der Waals surface area contributed by atoms with Crippen molar-refractivity contribution in [2.75, 3.05) is 24.8 Å². The third-order valence-electron chi connectivity index (χ3n) is 2.84. The molecule has 1 aromatic rings. The van der Waals surface area contributed by atoms with Gasteiger partial charge in [-0.05, 0) is 24.3 Å². The first-order chi connectivity index (χ1) is 9.40. The van der Waals surface area contributed by atoms with Gasteiger partial charge in [0, 0.05) is 25.8 Å². The Morgan fingerprint density at radius 3 is 2.40 bits per heavy atom. The van der Waals surface area contributed by atoms with E-state index in [0.717, 1.165) is 0 Å². The van der Waals surface area contributed by atoms with Crippen molar-refractivity contribution in [3.8, 4) is 0 Å². The van der Waals surface area contributed by atoms with Gasteiger partial charge in [0.15, 0.2) is 9.84 Å². The van der Waals surface area contributed by atoms with E-state index < -0.39 is 21.8 Å². The number of carboxylic acids is 1. The molecule has 0 saturated heterocycles. The standard InChI is InChI=1S/C13H19NO5S/c1-3-20(17,18)11-6-4-10(5-7-11)14-12(13(15)16)8-9-19-2/h4-7,12,14H,3,8-9H2,1-2H3,(H,15,16). The van der Waals surface area contributed by atoms with Gasteiger partial charge < -0.3 is 15.2 Å². The van der Waals surface area contributed by atoms with E-state index in [4.69, 9.17) is 9.84 Å². The highest BCUT2D eigenvalue weighted by Gasteiger charge is 2.17. The zero-order valence-electron chi connectivity index (χ0n) is 11.5. The molecule has 0 aromatic heterocycles. The Morgan fingerprint density at radius 1 is 1.35 bits per heavy atom. The number of anilines is 1. The van der Waals surface area contributed by atoms with Crippen LogP contribution in [0, 0.1) is 0 Å². The molecule has 2 N–H and O–H groups in total. The molecular weight excluding hydrogens is 282 g/mol. The van der Waals surface area contributed by atoms with Crippen LogP contribution in [0.15, 0.2) is 29.2 Å². The lowest BCUT2D eigenvalue weighted by molar-refractivity contribution is -0.138. The number of hydrogen-bond acceptors (Lipinski definition) is 5. The van der Waals surface area contributed by atoms with Crippen molar-refractivity contribution in [2.24, 2.45) is 0 Å². The van der Waals surface area contributed by atoms with Crippen molar-refractivity contribution < 1.29 is 23.1 Å². The molecular formula is C13H19NO5S. The number of carbonyl (C=O) groups is 1. The van der Waals surface area contributed by atoms with Crippen molar-refractivity contribution in [1.29, 1.82) is 0 Å². The Labute approximate surface area is 118 Å². The van der Waals surface area contributed by atoms with Gasteiger partial charge in [0.1, 0.15) is 6.04 Å². The van der Waals surface area contributed by atoms with Crippen LogP contribution in [-0.4, -0.2) is 45.0 Å². The monoisotopic (exact) mass is 301 g/mol. The number of nitrogens with one attached hydrogen (secondary N) is 1. The van der Waals surface area contributed by atoms with Gasteiger partial charge in [-0.1, -0.05) is 6.92 Å². The lowest BCUT2D eigenvalue weighted by Crippen LogP contribution is -2.30. The second-order valence-electron chi connectivity index (χ2n) is 4.24. The number of carboxylic acid groups (broad SMARTS) is 1. The van der Waals surface area contributed by atoms with E-state index in [0.29, 0.717) is 18.7 Å². The van der Waals surface area contributed by atoms with Crippen molar-refractivity contribution in [3.05, 3.63) is 24.3 Å². The number of rotatable bonds is 8. The Bertz CT molecular complexity index is 538. The molecule has 0 radical (unpaired) electrons. The largest absolute Gasteiger partial charge is 0.480 e. The van der Waals surface area contributed by atoms with E-state index in [-0.39, 0.29) is 10.6 Å². The summed E-state index contributed by atoms with van der Waals surface area (Å²) in [6, 6.07) is 5.28. The third kappa shape index (κ3) is 4.50. The van der Waals surface area contributed by atoms with Gasteiger partial charge in [-0.15, -0.1) is 0 Å². The maximum absolute atomic E-state index is 11.7. The smallest absolute Gasteiger partial charge is 0.326 e. The topological polar surface area (TPSA) is 92.7 Å². The van der Waals surface area contributed by atoms with E-state index in [9.17, 15) is 13.2 Å². The minimum absolute atomic E-state index is 0.0331. The first kappa shape index (κ1) is 16.5. The molecule has 0 aliphatic carbocycles. The maximum atomic E-state index is 11.7. The Hall–Kier alpha value is -1.60. The Kier molecular flexibility index (Phi) is 5.97. The summed E-state index contributed by atoms with van der Waals surface area (Å²) < 4.78 is 28.2. The minimum atomic E-state index is -3.24. The van der Waals surface area contributed by atoms with Crippen LogP contribution in [0.3, 0.4) is 0 Å². The quantitative estimate of drug-likeness (QED) is 0.753. The second kappa shape index (κ2) is 7.25. The van der Waals surface area contributed by atoms with E-state index >= 15 is 0 Å². The van der Waals surface area contributed by atoms with Gasteiger partial charge in [0.05, 0.1) is 10.6 Å². The number of benzene rings is 1. The fraction of sp³-hybridized carbons (Fsp3) is 0.462. The fourth-order valence-corrected chi connectivity index (χ4v) is 2.50. The fourth-order valence-electron chi connectivity index (χ4n) is 1.62. The summed E-state index contributed by atoms with van der Waals surface area (Å²) in [7, 11) is -1.73. The van der Waals surface area contributed by atoms with Gasteiger partial charge in [-0.3, -0.25) is 0 Å². The number of sulfone groups is 1. The van der Waals surface area contributed by atoms with Crippen LogP contribution in [-0.2, 0) is 19.4 Å². The molecule has 1 rings (SSSR count). The van der Waals surface area contributed by atoms with Crippen molar-refractivity contribution in [1.82, 2.24) is 0 Å². The molecule has 0 saturated carbocycles. The van der Waals surface area contributed by atoms with Gasteiger partial charge in [0.2, 0.25) is 0 Å². The van der Waals surface area contributed by atoms with Crippen molar-refractivity contribution in [2.45, 2.75) is 24.3 Å². The lowest BCUT2D eigenvalue weighted by Gasteiger charge is -2.15. The Balaban J connectivity index is 2.80. The van der Waals surface area contributed by atoms with E-state index in [1.54, 1.807) is 19.1 Å². The molecule has 6 nitrogen and oxygen atoms in total. The first-order valence-electron chi connectivity index (χ1n) is 6.21. The molecule has 1 atom stereocenters. The molecule has 0 aliphatic heterocycles. The van der Waals surface area contributed by atoms with Gasteiger partial charge in [-0.25, -0.2) is 13.2 Å². The molecule has 20 heavy (non-hydrogen) atoms. The predicted octanol–water partition coefficient (Wildman–Crippen LogP) is 1.38. The van der Waals surface area contributed by atoms with Gasteiger partial charge in [-0.2, -0.15) is 0 Å². The highest BCUT2D eigenvalue weighted by Crippen LogP contribution is 2.16. The molecule has 1 unspecified atom stereocenters. The number of methoxy groups -OCH3 is 1. The van der Waals surface area contributed by atoms with E-state index in [2.05, 4.69) is 5.32 Å². The van der Waals surface area contributed by atoms with Crippen LogP contribution in [0.5, 0.6) is 0 Å². The summed E-state index contributed by atoms with van der Waals surface area (Å²) in [5.74, 6) is -0.946. The first-order valence-corrected chi connectivity index (χ1v) is 7.87. The predicted molar refractivity (Wildman–Crippen MR) is 75.7 cm³/mol. The molecule has 0 aliphatic rings. The van der Waals surface area contributed by atoms with Crippen LogP contribution >= 0.6 is 0 Å². The minimum Gasteiger partial charge on any atom is -0.480 e. The van der Waals surface area contributed by atoms with Crippen LogP contribution in [0.4, 0.5) is 5.69 Å². The summed E-state index contributed by atoms with van der Waals surface area (Å²) in [5.41, 5.74) is 0.559. The molecule has 7 heteroatoms. The van der Waals surface area contributed by atoms with E-state index in [1.807, 2.05) is 0 Å². The Morgan fingerprint density at radius 2 is 1.95 bits per heavy atom. The average Bonchev–Trinajstić information content (AvgIpc) is 2.43. The zero-order valence-corrected chi connectivity index (χ0v) is 12.3. The normalized spacial score (nSPS) is 12.9. The third-order valence-corrected chi connectivity index (χ3v) is 4.59. The number of aliphatic carboxylic acids is 1. The molecule has 1 aromatic carbocycles. The van der Waals surface area contributed by atoms with Crippen LogP contribution in [0.25, 0.3) is 0 Å². The summed E-state index contributed by atoms with van der Waals surface area (Å²) in [4.78, 5) is 11.3. The number of hydrogen-bond donors (Lipinski definition) is 2. The highest BCUT2D eigenvalue weighted by molar-refractivity contribution is 7.91. The van der Waals surface area contributed by atoms with Gasteiger partial charge >= 0.3 is 5.97 Å². The average molecular weight is 301 g/mol. The molecule has 0 spiro atoms. The number of ether oxygens (including phenoxy) is 1. The summed E-state index contributed by atoms with van der Waals surface area (Å²) in [5, 5.41) is 11.9. The van der Waals surface area contributed by atoms with Crippen LogP contribution < -0.4 is 5.32 Å². The lowest BCUT2D eigenvalue weighted by atomic mass is 10.2. The van der Waals surface area contributed by atoms with Crippen molar-refractivity contribution in [3.63, 3.8) is 0 Å². The molecule has 0 bridgehead atoms. The SMILES string of the molecule is CCS(=O)(=O)c1ccc(NC(CCOC)C(=O)O)cc1. The molecule has 0 heterocycles. The summed E-state index contributed by atoms with van der Waals surface area (Å²) >= 11 is 0. The summed E-state index contributed by atoms with van der Waals surface area (Å²) in [6.07, 6.45) is 0.320. The molecule has 112 valence electrons. The summed E-state index contributed by atoms with van der Waals surface area (Å²) in [6.45, 7) is 1.90. The molecule has 0 amide bonds. The van der Waals surface area contributed by atoms with Crippen molar-refractivity contribution >= 4 is 21.5 Å². The molecule has 0 fully saturated rings. The zero-order chi connectivity index (χ0) is 15.2. The van der Waals surface area contributed by atoms with Gasteiger partial charge in [0.25, 0.3) is 0 Å². The van der Waals surface area contributed by atoms with E-state index in [1.165, 1.54) is 19.2 Å². The second-order valence-corrected chi connectivity index (χ2v) is 6.52.